The number of phenols is 2. The minimum absolute atomic E-state index is 0.156. The van der Waals surface area contributed by atoms with Crippen molar-refractivity contribution in [2.45, 2.75) is 11.5 Å². The van der Waals surface area contributed by atoms with E-state index in [9.17, 15) is 14.8 Å². The van der Waals surface area contributed by atoms with Gasteiger partial charge in [0.05, 0.1) is 0 Å². The molecule has 0 radical (unpaired) electrons. The lowest BCUT2D eigenvalue weighted by atomic mass is 10.2. The van der Waals surface area contributed by atoms with Gasteiger partial charge >= 0.3 is 0 Å². The van der Waals surface area contributed by atoms with Crippen molar-refractivity contribution in [2.24, 2.45) is 0 Å². The quantitative estimate of drug-likeness (QED) is 0.832. The molecule has 18 heavy (non-hydrogen) atoms. The van der Waals surface area contributed by atoms with Crippen LogP contribution in [0.5, 0.6) is 11.5 Å². The van der Waals surface area contributed by atoms with Gasteiger partial charge in [-0.25, -0.2) is 0 Å². The molecule has 2 N–H and O–H groups in total. The zero-order chi connectivity index (χ0) is 13.0. The molecule has 4 heteroatoms. The number of hydrogen-bond acceptors (Lipinski definition) is 3. The van der Waals surface area contributed by atoms with Gasteiger partial charge in [0.2, 0.25) is 0 Å². The van der Waals surface area contributed by atoms with Crippen LogP contribution in [0, 0.1) is 0 Å². The molecule has 0 fully saturated rings. The van der Waals surface area contributed by atoms with E-state index in [-0.39, 0.29) is 23.0 Å². The van der Waals surface area contributed by atoms with E-state index in [0.29, 0.717) is 11.1 Å². The van der Waals surface area contributed by atoms with Crippen LogP contribution in [0.25, 0.3) is 0 Å². The van der Waals surface area contributed by atoms with E-state index in [1.54, 1.807) is 48.5 Å². The summed E-state index contributed by atoms with van der Waals surface area (Å²) in [5.74, 6) is 0.869. The SMILES string of the molecule is [O-][S+](Cc1ccccc1O)Cc1ccccc1O. The van der Waals surface area contributed by atoms with E-state index in [4.69, 9.17) is 0 Å². The van der Waals surface area contributed by atoms with Crippen LogP contribution in [0.15, 0.2) is 48.5 Å². The Balaban J connectivity index is 2.04. The summed E-state index contributed by atoms with van der Waals surface area (Å²) < 4.78 is 12.0. The Bertz CT molecular complexity index is 480. The number of rotatable bonds is 4. The van der Waals surface area contributed by atoms with Gasteiger partial charge in [0.1, 0.15) is 23.0 Å². The first-order valence-electron chi connectivity index (χ1n) is 5.55. The molecule has 0 atom stereocenters. The first kappa shape index (κ1) is 12.8. The summed E-state index contributed by atoms with van der Waals surface area (Å²) in [5.41, 5.74) is 1.32. The Morgan fingerprint density at radius 2 is 1.17 bits per heavy atom. The predicted molar refractivity (Wildman–Crippen MR) is 71.8 cm³/mol. The van der Waals surface area contributed by atoms with E-state index >= 15 is 0 Å². The molecule has 0 bridgehead atoms. The molecule has 94 valence electrons. The van der Waals surface area contributed by atoms with E-state index < -0.39 is 11.2 Å². The largest absolute Gasteiger partial charge is 0.616 e. The van der Waals surface area contributed by atoms with Crippen LogP contribution in [0.1, 0.15) is 11.1 Å². The van der Waals surface area contributed by atoms with Gasteiger partial charge in [0.25, 0.3) is 0 Å². The fourth-order valence-electron chi connectivity index (χ4n) is 1.66. The average molecular weight is 262 g/mol. The van der Waals surface area contributed by atoms with Crippen molar-refractivity contribution in [3.63, 3.8) is 0 Å². The topological polar surface area (TPSA) is 63.5 Å². The lowest BCUT2D eigenvalue weighted by Crippen LogP contribution is -2.08. The highest BCUT2D eigenvalue weighted by Gasteiger charge is 2.13. The summed E-state index contributed by atoms with van der Waals surface area (Å²) in [6.45, 7) is 0. The summed E-state index contributed by atoms with van der Waals surface area (Å²) in [4.78, 5) is 0. The van der Waals surface area contributed by atoms with E-state index in [1.165, 1.54) is 0 Å². The van der Waals surface area contributed by atoms with Crippen molar-refractivity contribution in [3.8, 4) is 11.5 Å². The highest BCUT2D eigenvalue weighted by molar-refractivity contribution is 7.89. The molecule has 0 amide bonds. The third-order valence-corrected chi connectivity index (χ3v) is 3.88. The van der Waals surface area contributed by atoms with Crippen LogP contribution < -0.4 is 0 Å². The third-order valence-electron chi connectivity index (χ3n) is 2.62. The molecule has 0 saturated carbocycles. The van der Waals surface area contributed by atoms with Gasteiger partial charge in [-0.3, -0.25) is 0 Å². The van der Waals surface area contributed by atoms with Crippen LogP contribution in [0.2, 0.25) is 0 Å². The fraction of sp³-hybridized carbons (Fsp3) is 0.143. The van der Waals surface area contributed by atoms with Crippen molar-refractivity contribution in [3.05, 3.63) is 59.7 Å². The monoisotopic (exact) mass is 262 g/mol. The van der Waals surface area contributed by atoms with Crippen molar-refractivity contribution in [1.29, 1.82) is 0 Å². The molecule has 2 aromatic rings. The predicted octanol–water partition coefficient (Wildman–Crippen LogP) is 2.55. The summed E-state index contributed by atoms with van der Waals surface area (Å²) in [6, 6.07) is 13.7. The molecule has 3 nitrogen and oxygen atoms in total. The molecule has 0 saturated heterocycles. The third kappa shape index (κ3) is 3.18. The average Bonchev–Trinajstić information content (AvgIpc) is 2.35. The first-order valence-corrected chi connectivity index (χ1v) is 7.04. The van der Waals surface area contributed by atoms with Gasteiger partial charge in [-0.05, 0) is 23.3 Å². The highest BCUT2D eigenvalue weighted by atomic mass is 32.2. The summed E-state index contributed by atoms with van der Waals surface area (Å²) >= 11 is -1.16. The fourth-order valence-corrected chi connectivity index (χ4v) is 2.95. The van der Waals surface area contributed by atoms with Crippen LogP contribution >= 0.6 is 0 Å². The molecule has 2 aromatic carbocycles. The number of hydrogen-bond donors (Lipinski definition) is 2. The number of phenolic OH excluding ortho intramolecular Hbond substituents is 2. The zero-order valence-electron chi connectivity index (χ0n) is 9.74. The van der Waals surface area contributed by atoms with Crippen LogP contribution in [-0.2, 0) is 22.7 Å². The van der Waals surface area contributed by atoms with E-state index in [0.717, 1.165) is 0 Å². The van der Waals surface area contributed by atoms with E-state index in [1.807, 2.05) is 0 Å². The van der Waals surface area contributed by atoms with Crippen molar-refractivity contribution >= 4 is 11.2 Å². The Morgan fingerprint density at radius 3 is 1.56 bits per heavy atom. The number of aromatic hydroxyl groups is 2. The molecule has 0 aliphatic carbocycles. The maximum atomic E-state index is 12.0. The molecule has 0 heterocycles. The molecule has 0 aliphatic rings. The Kier molecular flexibility index (Phi) is 4.12. The van der Waals surface area contributed by atoms with Gasteiger partial charge in [-0.2, -0.15) is 0 Å². The number of para-hydroxylation sites is 2. The Hall–Kier alpha value is -1.65. The smallest absolute Gasteiger partial charge is 0.134 e. The van der Waals surface area contributed by atoms with Gasteiger partial charge in [0, 0.05) is 11.1 Å². The second-order valence-electron chi connectivity index (χ2n) is 3.99. The zero-order valence-corrected chi connectivity index (χ0v) is 10.6. The second kappa shape index (κ2) is 5.80. The van der Waals surface area contributed by atoms with Gasteiger partial charge < -0.3 is 14.8 Å². The lowest BCUT2D eigenvalue weighted by Gasteiger charge is -2.12. The standard InChI is InChI=1S/C14H14O3S/c15-13-7-3-1-5-11(13)9-18(17)10-12-6-2-4-8-14(12)16/h1-8,15-16H,9-10H2. The molecular formula is C14H14O3S. The van der Waals surface area contributed by atoms with Crippen LogP contribution in [0.4, 0.5) is 0 Å². The van der Waals surface area contributed by atoms with Crippen molar-refractivity contribution in [1.82, 2.24) is 0 Å². The second-order valence-corrected chi connectivity index (χ2v) is 5.44. The maximum Gasteiger partial charge on any atom is 0.134 e. The Labute approximate surface area is 109 Å². The normalized spacial score (nSPS) is 10.8. The summed E-state index contributed by atoms with van der Waals surface area (Å²) in [7, 11) is 0. The lowest BCUT2D eigenvalue weighted by molar-refractivity contribution is 0.469. The highest BCUT2D eigenvalue weighted by Crippen LogP contribution is 2.23. The maximum absolute atomic E-state index is 12.0. The minimum Gasteiger partial charge on any atom is -0.616 e. The molecule has 0 aromatic heterocycles. The van der Waals surface area contributed by atoms with Crippen molar-refractivity contribution < 1.29 is 14.8 Å². The molecule has 2 rings (SSSR count). The first-order chi connectivity index (χ1) is 8.66. The van der Waals surface area contributed by atoms with Gasteiger partial charge in [-0.1, -0.05) is 36.4 Å². The molecule has 0 unspecified atom stereocenters. The van der Waals surface area contributed by atoms with Gasteiger partial charge in [0.15, 0.2) is 0 Å². The van der Waals surface area contributed by atoms with Gasteiger partial charge in [-0.15, -0.1) is 0 Å². The Morgan fingerprint density at radius 1 is 0.778 bits per heavy atom. The molecule has 0 spiro atoms. The summed E-state index contributed by atoms with van der Waals surface area (Å²) in [6.07, 6.45) is 0. The van der Waals surface area contributed by atoms with Crippen LogP contribution in [0.3, 0.4) is 0 Å². The minimum atomic E-state index is -1.16. The van der Waals surface area contributed by atoms with Crippen LogP contribution in [-0.4, -0.2) is 14.8 Å². The molecular weight excluding hydrogens is 248 g/mol. The van der Waals surface area contributed by atoms with E-state index in [2.05, 4.69) is 0 Å². The molecule has 0 aliphatic heterocycles. The number of benzene rings is 2. The van der Waals surface area contributed by atoms with Crippen molar-refractivity contribution in [2.75, 3.05) is 0 Å². The summed E-state index contributed by atoms with van der Waals surface area (Å²) in [5, 5.41) is 19.2.